The molecule has 1 aromatic heterocycles. The lowest BCUT2D eigenvalue weighted by Crippen LogP contribution is -1.94. The Labute approximate surface area is 91.5 Å². The number of benzene rings is 1. The van der Waals surface area contributed by atoms with Crippen molar-refractivity contribution in [2.75, 3.05) is 7.11 Å². The van der Waals surface area contributed by atoms with Crippen molar-refractivity contribution in [2.24, 2.45) is 0 Å². The van der Waals surface area contributed by atoms with Gasteiger partial charge in [0.15, 0.2) is 0 Å². The molecular formula is C12H8O2S. The molecule has 0 N–H and O–H groups in total. The number of carbonyl (C=O) groups is 1. The summed E-state index contributed by atoms with van der Waals surface area (Å²) in [6.07, 6.45) is 0. The molecule has 0 atom stereocenters. The van der Waals surface area contributed by atoms with E-state index in [-0.39, 0.29) is 0 Å². The maximum Gasteiger partial charge on any atom is 0.384 e. The molecule has 0 saturated carbocycles. The fourth-order valence-corrected chi connectivity index (χ4v) is 2.04. The molecule has 0 fully saturated rings. The summed E-state index contributed by atoms with van der Waals surface area (Å²) in [6.45, 7) is 0. The first-order valence-corrected chi connectivity index (χ1v) is 5.25. The average Bonchev–Trinajstić information content (AvgIpc) is 2.72. The van der Waals surface area contributed by atoms with Gasteiger partial charge in [-0.2, -0.15) is 0 Å². The highest BCUT2D eigenvalue weighted by atomic mass is 32.1. The molecular weight excluding hydrogens is 208 g/mol. The second-order valence-corrected chi connectivity index (χ2v) is 3.86. The quantitative estimate of drug-likeness (QED) is 0.499. The average molecular weight is 216 g/mol. The highest BCUT2D eigenvalue weighted by molar-refractivity contribution is 7.17. The zero-order valence-electron chi connectivity index (χ0n) is 8.11. The van der Waals surface area contributed by atoms with Crippen LogP contribution >= 0.6 is 11.3 Å². The SMILES string of the molecule is COC(=O)C#Cc1ccc2ccsc2c1. The summed E-state index contributed by atoms with van der Waals surface area (Å²) in [5.74, 6) is 4.65. The molecule has 3 heteroatoms. The zero-order valence-corrected chi connectivity index (χ0v) is 8.93. The molecule has 0 radical (unpaired) electrons. The van der Waals surface area contributed by atoms with Crippen LogP contribution in [0.3, 0.4) is 0 Å². The van der Waals surface area contributed by atoms with Crippen molar-refractivity contribution in [3.63, 3.8) is 0 Å². The van der Waals surface area contributed by atoms with Gasteiger partial charge in [-0.25, -0.2) is 4.79 Å². The van der Waals surface area contributed by atoms with E-state index in [2.05, 4.69) is 22.6 Å². The topological polar surface area (TPSA) is 26.3 Å². The minimum absolute atomic E-state index is 0.513. The van der Waals surface area contributed by atoms with Crippen molar-refractivity contribution in [2.45, 2.75) is 0 Å². The van der Waals surface area contributed by atoms with Crippen molar-refractivity contribution in [3.8, 4) is 11.8 Å². The molecule has 0 amide bonds. The Hall–Kier alpha value is -1.79. The minimum atomic E-state index is -0.513. The van der Waals surface area contributed by atoms with E-state index >= 15 is 0 Å². The number of hydrogen-bond acceptors (Lipinski definition) is 3. The van der Waals surface area contributed by atoms with Crippen molar-refractivity contribution in [1.29, 1.82) is 0 Å². The fraction of sp³-hybridized carbons (Fsp3) is 0.0833. The minimum Gasteiger partial charge on any atom is -0.459 e. The number of ether oxygens (including phenoxy) is 1. The van der Waals surface area contributed by atoms with E-state index in [0.717, 1.165) is 5.56 Å². The van der Waals surface area contributed by atoms with Gasteiger partial charge in [0.05, 0.1) is 7.11 Å². The largest absolute Gasteiger partial charge is 0.459 e. The number of carbonyl (C=O) groups excluding carboxylic acids is 1. The molecule has 2 aromatic rings. The van der Waals surface area contributed by atoms with Crippen LogP contribution in [0, 0.1) is 11.8 Å². The number of methoxy groups -OCH3 is 1. The Morgan fingerprint density at radius 3 is 3.07 bits per heavy atom. The van der Waals surface area contributed by atoms with E-state index in [4.69, 9.17) is 0 Å². The number of esters is 1. The summed E-state index contributed by atoms with van der Waals surface area (Å²) in [5, 5.41) is 3.23. The van der Waals surface area contributed by atoms with Gasteiger partial charge in [-0.3, -0.25) is 0 Å². The fourth-order valence-electron chi connectivity index (χ4n) is 1.21. The third-order valence-electron chi connectivity index (χ3n) is 1.95. The van der Waals surface area contributed by atoms with Crippen LogP contribution < -0.4 is 0 Å². The number of thiophene rings is 1. The Kier molecular flexibility index (Phi) is 2.70. The predicted octanol–water partition coefficient (Wildman–Crippen LogP) is 2.43. The van der Waals surface area contributed by atoms with Crippen molar-refractivity contribution >= 4 is 27.4 Å². The van der Waals surface area contributed by atoms with Crippen LogP contribution in [0.1, 0.15) is 5.56 Å². The summed E-state index contributed by atoms with van der Waals surface area (Å²) in [5.41, 5.74) is 0.829. The summed E-state index contributed by atoms with van der Waals surface area (Å²) < 4.78 is 5.61. The highest BCUT2D eigenvalue weighted by Crippen LogP contribution is 2.21. The van der Waals surface area contributed by atoms with Gasteiger partial charge in [0.25, 0.3) is 0 Å². The van der Waals surface area contributed by atoms with Gasteiger partial charge in [-0.1, -0.05) is 12.0 Å². The molecule has 0 aliphatic heterocycles. The number of hydrogen-bond donors (Lipinski definition) is 0. The van der Waals surface area contributed by atoms with Crippen LogP contribution in [-0.4, -0.2) is 13.1 Å². The molecule has 15 heavy (non-hydrogen) atoms. The van der Waals surface area contributed by atoms with Gasteiger partial charge in [-0.15, -0.1) is 11.3 Å². The van der Waals surface area contributed by atoms with Crippen LogP contribution in [0.15, 0.2) is 29.6 Å². The smallest absolute Gasteiger partial charge is 0.384 e. The van der Waals surface area contributed by atoms with E-state index in [1.54, 1.807) is 11.3 Å². The van der Waals surface area contributed by atoms with Gasteiger partial charge in [0.2, 0.25) is 0 Å². The van der Waals surface area contributed by atoms with E-state index in [1.165, 1.54) is 17.2 Å². The Morgan fingerprint density at radius 1 is 1.40 bits per heavy atom. The first-order valence-electron chi connectivity index (χ1n) is 4.37. The lowest BCUT2D eigenvalue weighted by atomic mass is 10.2. The van der Waals surface area contributed by atoms with Crippen LogP contribution in [0.2, 0.25) is 0 Å². The molecule has 1 heterocycles. The molecule has 2 nitrogen and oxygen atoms in total. The summed E-state index contributed by atoms with van der Waals surface area (Å²) in [6, 6.07) is 7.91. The maximum absolute atomic E-state index is 10.8. The Bertz CT molecular complexity index is 557. The van der Waals surface area contributed by atoms with Gasteiger partial charge < -0.3 is 4.74 Å². The van der Waals surface area contributed by atoms with Gasteiger partial charge in [0.1, 0.15) is 0 Å². The summed E-state index contributed by atoms with van der Waals surface area (Å²) in [7, 11) is 1.32. The van der Waals surface area contributed by atoms with E-state index in [1.807, 2.05) is 23.6 Å². The molecule has 74 valence electrons. The maximum atomic E-state index is 10.8. The van der Waals surface area contributed by atoms with Crippen LogP contribution in [0.25, 0.3) is 10.1 Å². The molecule has 0 bridgehead atoms. The third kappa shape index (κ3) is 2.17. The Balaban J connectivity index is 2.35. The molecule has 0 unspecified atom stereocenters. The third-order valence-corrected chi connectivity index (χ3v) is 2.83. The molecule has 0 saturated heterocycles. The zero-order chi connectivity index (χ0) is 10.7. The monoisotopic (exact) mass is 216 g/mol. The number of rotatable bonds is 0. The molecule has 1 aromatic carbocycles. The van der Waals surface area contributed by atoms with Crippen molar-refractivity contribution in [3.05, 3.63) is 35.2 Å². The van der Waals surface area contributed by atoms with Gasteiger partial charge in [-0.05, 0) is 29.0 Å². The first-order chi connectivity index (χ1) is 7.29. The molecule has 0 spiro atoms. The lowest BCUT2D eigenvalue weighted by molar-refractivity contribution is -0.133. The van der Waals surface area contributed by atoms with E-state index < -0.39 is 5.97 Å². The second-order valence-electron chi connectivity index (χ2n) is 2.91. The molecule has 0 aliphatic carbocycles. The summed E-state index contributed by atoms with van der Waals surface area (Å²) >= 11 is 1.66. The van der Waals surface area contributed by atoms with Gasteiger partial charge in [0, 0.05) is 16.2 Å². The second kappa shape index (κ2) is 4.16. The molecule has 0 aliphatic rings. The Morgan fingerprint density at radius 2 is 2.27 bits per heavy atom. The number of fused-ring (bicyclic) bond motifs is 1. The van der Waals surface area contributed by atoms with Crippen LogP contribution in [0.5, 0.6) is 0 Å². The standard InChI is InChI=1S/C12H8O2S/c1-14-12(13)5-3-9-2-4-10-6-7-15-11(10)8-9/h2,4,6-8H,1H3. The normalized spacial score (nSPS) is 9.40. The highest BCUT2D eigenvalue weighted by Gasteiger charge is 1.95. The van der Waals surface area contributed by atoms with Gasteiger partial charge >= 0.3 is 5.97 Å². The van der Waals surface area contributed by atoms with E-state index in [0.29, 0.717) is 0 Å². The van der Waals surface area contributed by atoms with Crippen LogP contribution in [-0.2, 0) is 9.53 Å². The van der Waals surface area contributed by atoms with E-state index in [9.17, 15) is 4.79 Å². The van der Waals surface area contributed by atoms with Crippen LogP contribution in [0.4, 0.5) is 0 Å². The summed E-state index contributed by atoms with van der Waals surface area (Å²) in [4.78, 5) is 10.8. The lowest BCUT2D eigenvalue weighted by Gasteiger charge is -1.91. The first kappa shape index (κ1) is 9.75. The predicted molar refractivity (Wildman–Crippen MR) is 60.7 cm³/mol. The molecule has 2 rings (SSSR count). The van der Waals surface area contributed by atoms with Crippen molar-refractivity contribution in [1.82, 2.24) is 0 Å². The van der Waals surface area contributed by atoms with Crippen molar-refractivity contribution < 1.29 is 9.53 Å².